The number of nitrogens with one attached hydrogen (secondary N) is 1. The maximum atomic E-state index is 12.5. The van der Waals surface area contributed by atoms with Gasteiger partial charge in [-0.25, -0.2) is 8.42 Å². The minimum Gasteiger partial charge on any atom is -0.282 e. The standard InChI is InChI=1S/C11H12Cl2F3NO2S/c12-5-1-2-6-20(18,19)17-10-7-8(11(14,15)16)3-4-9(10)13/h3-4,7,17H,1-2,5-6H2. The molecule has 1 aromatic carbocycles. The van der Waals surface area contributed by atoms with Crippen LogP contribution in [0.5, 0.6) is 0 Å². The van der Waals surface area contributed by atoms with Gasteiger partial charge >= 0.3 is 6.18 Å². The Balaban J connectivity index is 2.91. The summed E-state index contributed by atoms with van der Waals surface area (Å²) >= 11 is 11.1. The number of rotatable bonds is 6. The van der Waals surface area contributed by atoms with Crippen LogP contribution in [0.4, 0.5) is 18.9 Å². The third kappa shape index (κ3) is 5.38. The van der Waals surface area contributed by atoms with Crippen molar-refractivity contribution in [3.8, 4) is 0 Å². The number of sulfonamides is 1. The third-order valence-corrected chi connectivity index (χ3v) is 4.31. The van der Waals surface area contributed by atoms with E-state index in [1.807, 2.05) is 0 Å². The van der Waals surface area contributed by atoms with E-state index in [0.29, 0.717) is 24.8 Å². The molecule has 20 heavy (non-hydrogen) atoms. The van der Waals surface area contributed by atoms with E-state index < -0.39 is 21.8 Å². The molecule has 0 aliphatic heterocycles. The van der Waals surface area contributed by atoms with Gasteiger partial charge in [0.2, 0.25) is 10.0 Å². The number of alkyl halides is 4. The van der Waals surface area contributed by atoms with Crippen molar-refractivity contribution in [2.75, 3.05) is 16.4 Å². The first-order chi connectivity index (χ1) is 9.15. The van der Waals surface area contributed by atoms with Crippen LogP contribution in [-0.2, 0) is 16.2 Å². The van der Waals surface area contributed by atoms with Crippen LogP contribution >= 0.6 is 23.2 Å². The molecule has 0 amide bonds. The second-order valence-electron chi connectivity index (χ2n) is 4.01. The number of anilines is 1. The molecule has 9 heteroatoms. The predicted molar refractivity (Wildman–Crippen MR) is 73.8 cm³/mol. The van der Waals surface area contributed by atoms with Crippen LogP contribution in [-0.4, -0.2) is 20.1 Å². The van der Waals surface area contributed by atoms with Crippen molar-refractivity contribution < 1.29 is 21.6 Å². The van der Waals surface area contributed by atoms with Crippen molar-refractivity contribution in [1.82, 2.24) is 0 Å². The molecule has 0 aliphatic carbocycles. The van der Waals surface area contributed by atoms with Gasteiger partial charge in [-0.2, -0.15) is 13.2 Å². The van der Waals surface area contributed by atoms with E-state index in [2.05, 4.69) is 4.72 Å². The zero-order valence-electron chi connectivity index (χ0n) is 10.2. The lowest BCUT2D eigenvalue weighted by Crippen LogP contribution is -2.17. The third-order valence-electron chi connectivity index (χ3n) is 2.36. The lowest BCUT2D eigenvalue weighted by Gasteiger charge is -2.12. The largest absolute Gasteiger partial charge is 0.416 e. The summed E-state index contributed by atoms with van der Waals surface area (Å²) in [6.45, 7) is 0. The maximum absolute atomic E-state index is 12.5. The summed E-state index contributed by atoms with van der Waals surface area (Å²) in [7, 11) is -3.75. The van der Waals surface area contributed by atoms with Gasteiger partial charge in [0.05, 0.1) is 22.0 Å². The normalized spacial score (nSPS) is 12.4. The molecule has 0 heterocycles. The zero-order chi connectivity index (χ0) is 15.4. The Hall–Kier alpha value is -0.660. The molecule has 1 N–H and O–H groups in total. The average molecular weight is 350 g/mol. The van der Waals surface area contributed by atoms with E-state index in [9.17, 15) is 21.6 Å². The van der Waals surface area contributed by atoms with Crippen LogP contribution in [0.1, 0.15) is 18.4 Å². The molecule has 0 unspecified atom stereocenters. The van der Waals surface area contributed by atoms with Gasteiger partial charge in [0, 0.05) is 5.88 Å². The van der Waals surface area contributed by atoms with E-state index >= 15 is 0 Å². The van der Waals surface area contributed by atoms with Crippen molar-refractivity contribution in [2.24, 2.45) is 0 Å². The first-order valence-corrected chi connectivity index (χ1v) is 8.15. The van der Waals surface area contributed by atoms with Crippen molar-refractivity contribution in [3.05, 3.63) is 28.8 Å². The summed E-state index contributed by atoms with van der Waals surface area (Å²) in [4.78, 5) is 0. The molecule has 0 bridgehead atoms. The fraction of sp³-hybridized carbons (Fsp3) is 0.455. The van der Waals surface area contributed by atoms with Crippen LogP contribution in [0.3, 0.4) is 0 Å². The number of hydrogen-bond acceptors (Lipinski definition) is 2. The number of halogens is 5. The zero-order valence-corrected chi connectivity index (χ0v) is 12.5. The second-order valence-corrected chi connectivity index (χ2v) is 6.64. The van der Waals surface area contributed by atoms with Crippen LogP contribution in [0.15, 0.2) is 18.2 Å². The minimum absolute atomic E-state index is 0.0982. The first kappa shape index (κ1) is 17.4. The quantitative estimate of drug-likeness (QED) is 0.620. The molecule has 114 valence electrons. The molecule has 1 aromatic rings. The molecule has 0 atom stereocenters. The van der Waals surface area contributed by atoms with E-state index in [4.69, 9.17) is 23.2 Å². The van der Waals surface area contributed by atoms with E-state index in [0.717, 1.165) is 12.1 Å². The highest BCUT2D eigenvalue weighted by molar-refractivity contribution is 7.92. The van der Waals surface area contributed by atoms with Gasteiger partial charge < -0.3 is 0 Å². The van der Waals surface area contributed by atoms with Crippen molar-refractivity contribution in [2.45, 2.75) is 19.0 Å². The average Bonchev–Trinajstić information content (AvgIpc) is 2.30. The Morgan fingerprint density at radius 2 is 1.85 bits per heavy atom. The Morgan fingerprint density at radius 3 is 2.40 bits per heavy atom. The fourth-order valence-corrected chi connectivity index (χ4v) is 2.98. The first-order valence-electron chi connectivity index (χ1n) is 5.59. The number of unbranched alkanes of at least 4 members (excludes halogenated alkanes) is 1. The summed E-state index contributed by atoms with van der Waals surface area (Å²) in [5, 5.41) is -0.0982. The highest BCUT2D eigenvalue weighted by atomic mass is 35.5. The molecule has 0 radical (unpaired) electrons. The van der Waals surface area contributed by atoms with Gasteiger partial charge in [0.1, 0.15) is 0 Å². The van der Waals surface area contributed by atoms with Crippen molar-refractivity contribution in [3.63, 3.8) is 0 Å². The van der Waals surface area contributed by atoms with Gasteiger partial charge in [-0.15, -0.1) is 11.6 Å². The molecule has 0 fully saturated rings. The molecule has 0 aliphatic rings. The van der Waals surface area contributed by atoms with Gasteiger partial charge in [0.25, 0.3) is 0 Å². The Morgan fingerprint density at radius 1 is 1.20 bits per heavy atom. The molecular weight excluding hydrogens is 338 g/mol. The SMILES string of the molecule is O=S(=O)(CCCCCl)Nc1cc(C(F)(F)F)ccc1Cl. The van der Waals surface area contributed by atoms with Crippen molar-refractivity contribution >= 4 is 38.9 Å². The predicted octanol–water partition coefficient (Wildman–Crippen LogP) is 4.12. The van der Waals surface area contributed by atoms with Crippen molar-refractivity contribution in [1.29, 1.82) is 0 Å². The lowest BCUT2D eigenvalue weighted by atomic mass is 10.2. The molecule has 3 nitrogen and oxygen atoms in total. The lowest BCUT2D eigenvalue weighted by molar-refractivity contribution is -0.137. The minimum atomic E-state index is -4.57. The van der Waals surface area contributed by atoms with E-state index in [1.54, 1.807) is 0 Å². The molecular formula is C11H12Cl2F3NO2S. The molecule has 0 aromatic heterocycles. The van der Waals surface area contributed by atoms with Gasteiger partial charge in [-0.1, -0.05) is 11.6 Å². The second kappa shape index (κ2) is 6.87. The summed E-state index contributed by atoms with van der Waals surface area (Å²) in [6.07, 6.45) is -3.75. The number of hydrogen-bond donors (Lipinski definition) is 1. The molecule has 0 spiro atoms. The van der Waals surface area contributed by atoms with Crippen LogP contribution in [0.25, 0.3) is 0 Å². The molecule has 1 rings (SSSR count). The Labute approximate surface area is 125 Å². The maximum Gasteiger partial charge on any atom is 0.416 e. The van der Waals surface area contributed by atoms with Crippen LogP contribution < -0.4 is 4.72 Å². The van der Waals surface area contributed by atoms with E-state index in [-0.39, 0.29) is 16.5 Å². The highest BCUT2D eigenvalue weighted by Gasteiger charge is 2.31. The Kier molecular flexibility index (Phi) is 5.97. The topological polar surface area (TPSA) is 46.2 Å². The Bertz CT molecular complexity index is 561. The number of benzene rings is 1. The summed E-state index contributed by atoms with van der Waals surface area (Å²) < 4.78 is 63.1. The smallest absolute Gasteiger partial charge is 0.282 e. The molecule has 0 saturated carbocycles. The van der Waals surface area contributed by atoms with Gasteiger partial charge in [-0.3, -0.25) is 4.72 Å². The highest BCUT2D eigenvalue weighted by Crippen LogP contribution is 2.34. The fourth-order valence-electron chi connectivity index (χ4n) is 1.38. The monoisotopic (exact) mass is 349 g/mol. The van der Waals surface area contributed by atoms with Crippen LogP contribution in [0, 0.1) is 0 Å². The summed E-state index contributed by atoms with van der Waals surface area (Å²) in [5.74, 6) is 0.0894. The van der Waals surface area contributed by atoms with Gasteiger partial charge in [-0.05, 0) is 31.0 Å². The van der Waals surface area contributed by atoms with Crippen LogP contribution in [0.2, 0.25) is 5.02 Å². The van der Waals surface area contributed by atoms with Gasteiger partial charge in [0.15, 0.2) is 0 Å². The molecule has 0 saturated heterocycles. The van der Waals surface area contributed by atoms with E-state index in [1.165, 1.54) is 0 Å². The summed E-state index contributed by atoms with van der Waals surface area (Å²) in [5.41, 5.74) is -1.26. The summed E-state index contributed by atoms with van der Waals surface area (Å²) in [6, 6.07) is 2.45.